The molecule has 4 rings (SSSR count). The number of amides is 2. The maximum Gasteiger partial charge on any atom is 0.407 e. The lowest BCUT2D eigenvalue weighted by atomic mass is 10.2. The Morgan fingerprint density at radius 2 is 0.747 bits per heavy atom. The van der Waals surface area contributed by atoms with E-state index in [0.29, 0.717) is 19.0 Å². The van der Waals surface area contributed by atoms with Crippen LogP contribution in [0, 0.1) is 0 Å². The molecule has 4 aromatic rings. The van der Waals surface area contributed by atoms with Gasteiger partial charge in [-0.2, -0.15) is 0 Å². The first-order valence-electron chi connectivity index (χ1n) is 23.6. The van der Waals surface area contributed by atoms with Crippen LogP contribution < -0.4 is 27.8 Å². The number of aliphatic hydroxyl groups is 1. The van der Waals surface area contributed by atoms with Crippen LogP contribution in [0.5, 0.6) is 0 Å². The van der Waals surface area contributed by atoms with Crippen LogP contribution >= 0.6 is 12.4 Å². The largest absolute Gasteiger partial charge is 0.461 e. The van der Waals surface area contributed by atoms with Gasteiger partial charge in [-0.05, 0) is 70.4 Å². The van der Waals surface area contributed by atoms with Gasteiger partial charge in [0.25, 0.3) is 0 Å². The van der Waals surface area contributed by atoms with E-state index in [-0.39, 0.29) is 133 Å². The number of nitrogens with one attached hydrogen (secondary N) is 2. The smallest absolute Gasteiger partial charge is 0.407 e. The Hall–Kier alpha value is -7.52. The van der Waals surface area contributed by atoms with Crippen molar-refractivity contribution in [2.24, 2.45) is 11.5 Å². The van der Waals surface area contributed by atoms with Gasteiger partial charge in [0.15, 0.2) is 0 Å². The number of aliphatic hydroxyl groups excluding tert-OH is 1. The molecule has 2 amide bonds. The van der Waals surface area contributed by atoms with Crippen molar-refractivity contribution in [3.8, 4) is 0 Å². The van der Waals surface area contributed by atoms with Crippen molar-refractivity contribution < 1.29 is 70.3 Å². The quantitative estimate of drug-likeness (QED) is 0.0221. The Morgan fingerprint density at radius 1 is 0.481 bits per heavy atom. The number of alkyl carbamates (subject to hydrolysis) is 2. The van der Waals surface area contributed by atoms with E-state index in [9.17, 15) is 41.5 Å². The summed E-state index contributed by atoms with van der Waals surface area (Å²) in [5, 5.41) is 13.3. The molecule has 0 heterocycles. The molecule has 0 aliphatic carbocycles. The molecule has 0 atom stereocenters. The van der Waals surface area contributed by atoms with Crippen molar-refractivity contribution in [2.75, 3.05) is 58.3 Å². The van der Waals surface area contributed by atoms with Crippen molar-refractivity contribution in [1.29, 1.82) is 0 Å². The van der Waals surface area contributed by atoms with E-state index in [2.05, 4.69) is 10.6 Å². The first kappa shape index (κ1) is 78.0. The number of nitrogens with two attached hydrogens (primary N) is 3. The van der Waals surface area contributed by atoms with E-state index in [4.69, 9.17) is 46.0 Å². The Balaban J connectivity index is -0.000000456. The second kappa shape index (κ2) is 46.6. The first-order valence-corrected chi connectivity index (χ1v) is 23.6. The number of rotatable bonds is 19. The molecule has 0 aliphatic heterocycles. The summed E-state index contributed by atoms with van der Waals surface area (Å²) in [6.07, 6.45) is 0.504. The number of carbonyl (C=O) groups is 5. The van der Waals surface area contributed by atoms with Gasteiger partial charge >= 0.3 is 30.1 Å². The van der Waals surface area contributed by atoms with Gasteiger partial charge < -0.3 is 56.6 Å². The van der Waals surface area contributed by atoms with Gasteiger partial charge in [-0.3, -0.25) is 14.4 Å². The van der Waals surface area contributed by atoms with Crippen LogP contribution in [0.15, 0.2) is 169 Å². The van der Waals surface area contributed by atoms with E-state index >= 15 is 0 Å². The minimum atomic E-state index is -0.660. The maximum atomic E-state index is 12.8. The molecule has 0 radical (unpaired) electrons. The third-order valence-electron chi connectivity index (χ3n) is 8.69. The molecule has 440 valence electrons. The normalized spacial score (nSPS) is 10.9. The third-order valence-corrected chi connectivity index (χ3v) is 8.69. The van der Waals surface area contributed by atoms with Crippen LogP contribution in [0.2, 0.25) is 0 Å². The number of hydrogen-bond acceptors (Lipinski definition) is 14. The second-order valence-corrected chi connectivity index (χ2v) is 17.7. The molecule has 0 aliphatic rings. The van der Waals surface area contributed by atoms with Gasteiger partial charge in [0, 0.05) is 54.2 Å². The van der Waals surface area contributed by atoms with Gasteiger partial charge in [-0.15, -0.1) is 12.4 Å². The number of esters is 3. The van der Waals surface area contributed by atoms with Crippen LogP contribution in [0.4, 0.5) is 32.8 Å². The van der Waals surface area contributed by atoms with Crippen LogP contribution in [0.3, 0.4) is 0 Å². The van der Waals surface area contributed by atoms with Gasteiger partial charge in [-0.1, -0.05) is 124 Å². The molecule has 0 unspecified atom stereocenters. The maximum absolute atomic E-state index is 12.8. The number of para-hydroxylation sites is 1. The van der Waals surface area contributed by atoms with Crippen LogP contribution in [0.25, 0.3) is 0 Å². The Kier molecular flexibility index (Phi) is 46.0. The highest BCUT2D eigenvalue weighted by molar-refractivity contribution is 5.85. The van der Waals surface area contributed by atoms with Crippen molar-refractivity contribution in [1.82, 2.24) is 10.6 Å². The number of benzene rings is 4. The van der Waals surface area contributed by atoms with Crippen molar-refractivity contribution in [2.45, 2.75) is 86.9 Å². The molecule has 0 bridgehead atoms. The third kappa shape index (κ3) is 45.2. The predicted octanol–water partition coefficient (Wildman–Crippen LogP) is 10.6. The summed E-state index contributed by atoms with van der Waals surface area (Å²) < 4.78 is 73.6. The molecular formula is C58H82ClF4N5O11. The summed E-state index contributed by atoms with van der Waals surface area (Å²) in [6.45, 7) is 9.49. The van der Waals surface area contributed by atoms with E-state index in [1.807, 2.05) is 109 Å². The summed E-state index contributed by atoms with van der Waals surface area (Å²) in [6, 6.07) is 37.0. The minimum absolute atomic E-state index is 0. The van der Waals surface area contributed by atoms with Gasteiger partial charge in [0.05, 0.1) is 51.2 Å². The van der Waals surface area contributed by atoms with E-state index < -0.39 is 36.0 Å². The number of carbonyl (C=O) groups excluding carboxylic acids is 5. The zero-order chi connectivity index (χ0) is 57.2. The molecule has 79 heavy (non-hydrogen) atoms. The average molecular weight is 1140 g/mol. The van der Waals surface area contributed by atoms with Crippen LogP contribution in [-0.4, -0.2) is 99.0 Å². The summed E-state index contributed by atoms with van der Waals surface area (Å²) in [5.74, 6) is -1.24. The summed E-state index contributed by atoms with van der Waals surface area (Å²) in [4.78, 5) is 56.8. The highest BCUT2D eigenvalue weighted by atomic mass is 35.5. The fourth-order valence-corrected chi connectivity index (χ4v) is 4.93. The van der Waals surface area contributed by atoms with Crippen molar-refractivity contribution in [3.63, 3.8) is 0 Å². The Labute approximate surface area is 469 Å². The first-order chi connectivity index (χ1) is 36.1. The van der Waals surface area contributed by atoms with E-state index in [1.54, 1.807) is 53.7 Å². The molecule has 0 spiro atoms. The molecule has 0 aromatic heterocycles. The summed E-state index contributed by atoms with van der Waals surface area (Å²) in [7, 11) is 0. The zero-order valence-electron chi connectivity index (χ0n) is 44.3. The SMILES string of the molecule is C.C.CC(C)(C)OC(=O)NCC(=CF)CO.CC(C)(C)OC(=O)NCC(=CF)COC(=O)Cc1ccccc1.Cl.NC/C(=C/F)COC(=O)Cc1ccccc1.NC/C(=C\F)COC(=O)Cc1ccccc1.Nc1ccccc1. The molecule has 4 aromatic carbocycles. The fraction of sp³-hybridized carbons (Fsp3) is 0.362. The van der Waals surface area contributed by atoms with Gasteiger partial charge in [-0.25, -0.2) is 27.2 Å². The molecule has 16 nitrogen and oxygen atoms in total. The highest BCUT2D eigenvalue weighted by Gasteiger charge is 2.17. The van der Waals surface area contributed by atoms with Crippen LogP contribution in [0.1, 0.15) is 73.1 Å². The Morgan fingerprint density at radius 3 is 0.975 bits per heavy atom. The van der Waals surface area contributed by atoms with Crippen LogP contribution in [-0.2, 0) is 57.3 Å². The fourth-order valence-electron chi connectivity index (χ4n) is 4.93. The lowest BCUT2D eigenvalue weighted by molar-refractivity contribution is -0.142. The predicted molar refractivity (Wildman–Crippen MR) is 305 cm³/mol. The minimum Gasteiger partial charge on any atom is -0.461 e. The monoisotopic (exact) mass is 1140 g/mol. The topological polar surface area (TPSA) is 254 Å². The average Bonchev–Trinajstić information content (AvgIpc) is 3.38. The van der Waals surface area contributed by atoms with E-state index in [1.165, 1.54) is 0 Å². The van der Waals surface area contributed by atoms with E-state index in [0.717, 1.165) is 22.4 Å². The van der Waals surface area contributed by atoms with Crippen molar-refractivity contribution >= 4 is 48.2 Å². The molecule has 21 heteroatoms. The highest BCUT2D eigenvalue weighted by Crippen LogP contribution is 2.09. The number of ether oxygens (including phenoxy) is 5. The van der Waals surface area contributed by atoms with Gasteiger partial charge in [0.2, 0.25) is 0 Å². The molecular weight excluding hydrogens is 1050 g/mol. The zero-order valence-corrected chi connectivity index (χ0v) is 45.1. The second-order valence-electron chi connectivity index (χ2n) is 17.7. The Bertz CT molecular complexity index is 2320. The summed E-state index contributed by atoms with van der Waals surface area (Å²) >= 11 is 0. The number of anilines is 1. The summed E-state index contributed by atoms with van der Waals surface area (Å²) in [5.41, 5.74) is 18.7. The number of nitrogen functional groups attached to an aromatic ring is 1. The molecule has 9 N–H and O–H groups in total. The van der Waals surface area contributed by atoms with Crippen molar-refractivity contribution in [3.05, 3.63) is 186 Å². The standard InChI is InChI=1S/C17H22FNO4.2C12H14FNO2.C9H16FNO3.C6H7N.2CH4.ClH/c1-17(2,3)23-16(21)19-11-14(10-18)12-22-15(20)9-13-7-5-4-6-8-13;2*13-7-11(8-14)9-16-12(15)6-10-4-2-1-3-5-10;1-9(2,3)14-8(13)11-5-7(4-10)6-12;7-6-4-2-1-3-5-6;;;/h4-8,10H,9,11-12H2,1-3H3,(H,19,21);2*1-5,7H,6,8-9,14H2;4,12H,5-6H2,1-3H3,(H,11,13);1-5H,7H2;2*1H4;1H/b;11-7+;11-7-;;;;;. The number of hydrogen-bond donors (Lipinski definition) is 6. The molecule has 0 fully saturated rings. The molecule has 0 saturated carbocycles. The van der Waals surface area contributed by atoms with Gasteiger partial charge in [0.1, 0.15) is 31.0 Å². The number of halogens is 5. The lowest BCUT2D eigenvalue weighted by Gasteiger charge is -2.19. The lowest BCUT2D eigenvalue weighted by Crippen LogP contribution is -2.34. The molecule has 0 saturated heterocycles.